The van der Waals surface area contributed by atoms with Crippen LogP contribution >= 0.6 is 11.8 Å². The number of hydrogen-bond donors (Lipinski definition) is 1. The van der Waals surface area contributed by atoms with E-state index in [-0.39, 0.29) is 6.10 Å². The van der Waals surface area contributed by atoms with Crippen LogP contribution in [0, 0.1) is 5.92 Å². The molecule has 2 nitrogen and oxygen atoms in total. The molecule has 0 aliphatic heterocycles. The van der Waals surface area contributed by atoms with Crippen molar-refractivity contribution in [1.29, 1.82) is 0 Å². The van der Waals surface area contributed by atoms with Gasteiger partial charge in [0.1, 0.15) is 5.75 Å². The Morgan fingerprint density at radius 2 is 1.81 bits per heavy atom. The fourth-order valence-corrected chi connectivity index (χ4v) is 3.27. The van der Waals surface area contributed by atoms with Gasteiger partial charge in [-0.1, -0.05) is 39.0 Å². The third-order valence-electron chi connectivity index (χ3n) is 3.03. The lowest BCUT2D eigenvalue weighted by Gasteiger charge is -2.23. The Labute approximate surface area is 135 Å². The Kier molecular flexibility index (Phi) is 8.86. The lowest BCUT2D eigenvalue weighted by Crippen LogP contribution is -2.25. The highest BCUT2D eigenvalue weighted by atomic mass is 32.2. The molecule has 0 bridgehead atoms. The molecule has 1 rings (SSSR count). The minimum absolute atomic E-state index is 0.210. The first kappa shape index (κ1) is 18.4. The first-order valence-electron chi connectivity index (χ1n) is 8.11. The largest absolute Gasteiger partial charge is 0.491 e. The number of benzene rings is 1. The zero-order valence-corrected chi connectivity index (χ0v) is 15.0. The van der Waals surface area contributed by atoms with Crippen LogP contribution in [0.2, 0.25) is 0 Å². The topological polar surface area (TPSA) is 21.3 Å². The predicted molar refractivity (Wildman–Crippen MR) is 95.4 cm³/mol. The predicted octanol–water partition coefficient (Wildman–Crippen LogP) is 4.90. The first-order chi connectivity index (χ1) is 10.0. The molecule has 0 fully saturated rings. The van der Waals surface area contributed by atoms with Crippen molar-refractivity contribution in [3.8, 4) is 5.75 Å². The monoisotopic (exact) mass is 309 g/mol. The quantitative estimate of drug-likeness (QED) is 0.664. The normalized spacial score (nSPS) is 12.9. The molecule has 120 valence electrons. The van der Waals surface area contributed by atoms with E-state index in [0.29, 0.717) is 6.04 Å². The third kappa shape index (κ3) is 7.23. The van der Waals surface area contributed by atoms with E-state index < -0.39 is 0 Å². The summed E-state index contributed by atoms with van der Waals surface area (Å²) in [6, 6.07) is 8.81. The van der Waals surface area contributed by atoms with Gasteiger partial charge in [-0.2, -0.15) is 11.8 Å². The van der Waals surface area contributed by atoms with Crippen LogP contribution < -0.4 is 10.1 Å². The van der Waals surface area contributed by atoms with Gasteiger partial charge in [-0.05, 0) is 44.6 Å². The van der Waals surface area contributed by atoms with Crippen molar-refractivity contribution in [3.05, 3.63) is 29.8 Å². The van der Waals surface area contributed by atoms with Gasteiger partial charge in [0.15, 0.2) is 0 Å². The maximum Gasteiger partial charge on any atom is 0.124 e. The molecular weight excluding hydrogens is 278 g/mol. The van der Waals surface area contributed by atoms with Crippen molar-refractivity contribution >= 4 is 11.8 Å². The molecule has 1 aromatic carbocycles. The van der Waals surface area contributed by atoms with Crippen molar-refractivity contribution in [2.24, 2.45) is 5.92 Å². The van der Waals surface area contributed by atoms with Gasteiger partial charge >= 0.3 is 0 Å². The number of thioether (sulfide) groups is 1. The van der Waals surface area contributed by atoms with Crippen molar-refractivity contribution < 1.29 is 4.74 Å². The second-order valence-electron chi connectivity index (χ2n) is 6.14. The summed E-state index contributed by atoms with van der Waals surface area (Å²) in [6.45, 7) is 12.0. The van der Waals surface area contributed by atoms with Crippen LogP contribution in [-0.4, -0.2) is 24.2 Å². The molecule has 0 radical (unpaired) electrons. The molecule has 1 aromatic rings. The average molecular weight is 310 g/mol. The molecule has 1 unspecified atom stereocenters. The fraction of sp³-hybridized carbons (Fsp3) is 0.667. The van der Waals surface area contributed by atoms with Crippen molar-refractivity contribution in [2.45, 2.75) is 53.2 Å². The summed E-state index contributed by atoms with van der Waals surface area (Å²) >= 11 is 2.02. The summed E-state index contributed by atoms with van der Waals surface area (Å²) in [5, 5.41) is 3.67. The molecule has 0 amide bonds. The van der Waals surface area contributed by atoms with Gasteiger partial charge in [-0.25, -0.2) is 0 Å². The minimum atomic E-state index is 0.210. The van der Waals surface area contributed by atoms with Gasteiger partial charge in [0.2, 0.25) is 0 Å². The van der Waals surface area contributed by atoms with E-state index in [1.807, 2.05) is 11.8 Å². The summed E-state index contributed by atoms with van der Waals surface area (Å²) < 4.78 is 5.98. The highest BCUT2D eigenvalue weighted by molar-refractivity contribution is 7.99. The van der Waals surface area contributed by atoms with Gasteiger partial charge in [0, 0.05) is 17.4 Å². The SMILES string of the molecule is CCCNC(CSCC(C)C)c1ccccc1OC(C)C. The maximum absolute atomic E-state index is 5.98. The fourth-order valence-electron chi connectivity index (χ4n) is 2.13. The van der Waals surface area contributed by atoms with Crippen molar-refractivity contribution in [3.63, 3.8) is 0 Å². The summed E-state index contributed by atoms with van der Waals surface area (Å²) in [5.41, 5.74) is 1.29. The van der Waals surface area contributed by atoms with Gasteiger partial charge in [0.05, 0.1) is 6.10 Å². The highest BCUT2D eigenvalue weighted by Gasteiger charge is 2.16. The lowest BCUT2D eigenvalue weighted by molar-refractivity contribution is 0.238. The highest BCUT2D eigenvalue weighted by Crippen LogP contribution is 2.29. The van der Waals surface area contributed by atoms with E-state index in [4.69, 9.17) is 4.74 Å². The zero-order valence-electron chi connectivity index (χ0n) is 14.2. The van der Waals surface area contributed by atoms with E-state index in [9.17, 15) is 0 Å². The standard InChI is InChI=1S/C18H31NOS/c1-6-11-19-17(13-21-12-14(2)3)16-9-7-8-10-18(16)20-15(4)5/h7-10,14-15,17,19H,6,11-13H2,1-5H3. The Hall–Kier alpha value is -0.670. The van der Waals surface area contributed by atoms with Crippen molar-refractivity contribution in [2.75, 3.05) is 18.1 Å². The molecule has 1 atom stereocenters. The molecule has 21 heavy (non-hydrogen) atoms. The van der Waals surface area contributed by atoms with Crippen LogP contribution in [0.4, 0.5) is 0 Å². The molecule has 0 spiro atoms. The molecule has 0 saturated carbocycles. The van der Waals surface area contributed by atoms with Crippen LogP contribution in [0.5, 0.6) is 5.75 Å². The number of nitrogens with one attached hydrogen (secondary N) is 1. The summed E-state index contributed by atoms with van der Waals surface area (Å²) in [6.07, 6.45) is 1.36. The van der Waals surface area contributed by atoms with Crippen LogP contribution in [0.3, 0.4) is 0 Å². The first-order valence-corrected chi connectivity index (χ1v) is 9.26. The second kappa shape index (κ2) is 10.1. The van der Waals surface area contributed by atoms with Crippen molar-refractivity contribution in [1.82, 2.24) is 5.32 Å². The van der Waals surface area contributed by atoms with E-state index in [1.165, 1.54) is 11.3 Å². The van der Waals surface area contributed by atoms with Crippen LogP contribution in [0.15, 0.2) is 24.3 Å². The Bertz CT molecular complexity index is 393. The summed E-state index contributed by atoms with van der Waals surface area (Å²) in [7, 11) is 0. The van der Waals surface area contributed by atoms with Gasteiger partial charge in [-0.3, -0.25) is 0 Å². The maximum atomic E-state index is 5.98. The Morgan fingerprint density at radius 3 is 2.43 bits per heavy atom. The van der Waals surface area contributed by atoms with E-state index >= 15 is 0 Å². The number of hydrogen-bond acceptors (Lipinski definition) is 3. The third-order valence-corrected chi connectivity index (χ3v) is 4.50. The van der Waals surface area contributed by atoms with Crippen LogP contribution in [0.1, 0.15) is 52.6 Å². The molecule has 0 heterocycles. The molecular formula is C18H31NOS. The van der Waals surface area contributed by atoms with E-state index in [2.05, 4.69) is 64.2 Å². The Morgan fingerprint density at radius 1 is 1.10 bits per heavy atom. The molecule has 0 aromatic heterocycles. The smallest absolute Gasteiger partial charge is 0.124 e. The molecule has 1 N–H and O–H groups in total. The number of para-hydroxylation sites is 1. The van der Waals surface area contributed by atoms with E-state index in [0.717, 1.165) is 30.4 Å². The summed E-state index contributed by atoms with van der Waals surface area (Å²) in [5.74, 6) is 4.06. The average Bonchev–Trinajstić information content (AvgIpc) is 2.42. The van der Waals surface area contributed by atoms with Crippen LogP contribution in [0.25, 0.3) is 0 Å². The molecule has 0 saturated heterocycles. The number of ether oxygens (including phenoxy) is 1. The minimum Gasteiger partial charge on any atom is -0.491 e. The van der Waals surface area contributed by atoms with Crippen LogP contribution in [-0.2, 0) is 0 Å². The van der Waals surface area contributed by atoms with E-state index in [1.54, 1.807) is 0 Å². The number of rotatable bonds is 10. The second-order valence-corrected chi connectivity index (χ2v) is 7.22. The van der Waals surface area contributed by atoms with Gasteiger partial charge in [-0.15, -0.1) is 0 Å². The molecule has 3 heteroatoms. The summed E-state index contributed by atoms with van der Waals surface area (Å²) in [4.78, 5) is 0. The lowest BCUT2D eigenvalue weighted by atomic mass is 10.1. The molecule has 0 aliphatic rings. The van der Waals surface area contributed by atoms with Gasteiger partial charge < -0.3 is 10.1 Å². The zero-order chi connectivity index (χ0) is 15.7. The molecule has 0 aliphatic carbocycles. The van der Waals surface area contributed by atoms with Gasteiger partial charge in [0.25, 0.3) is 0 Å². The Balaban J connectivity index is 2.80.